The number of sulfonamides is 1. The first-order valence-corrected chi connectivity index (χ1v) is 11.6. The Morgan fingerprint density at radius 3 is 2.34 bits per heavy atom. The van der Waals surface area contributed by atoms with Gasteiger partial charge in [-0.1, -0.05) is 19.1 Å². The lowest BCUT2D eigenvalue weighted by Gasteiger charge is -2.29. The summed E-state index contributed by atoms with van der Waals surface area (Å²) in [5, 5.41) is 16.2. The molecule has 0 saturated carbocycles. The molecule has 3 rings (SSSR count). The van der Waals surface area contributed by atoms with E-state index in [4.69, 9.17) is 12.2 Å². The summed E-state index contributed by atoms with van der Waals surface area (Å²) in [6.45, 7) is 5.00. The fourth-order valence-electron chi connectivity index (χ4n) is 3.25. The van der Waals surface area contributed by atoms with E-state index in [-0.39, 0.29) is 0 Å². The first-order valence-electron chi connectivity index (χ1n) is 9.72. The highest BCUT2D eigenvalue weighted by molar-refractivity contribution is 7.89. The Morgan fingerprint density at radius 2 is 1.72 bits per heavy atom. The number of aliphatic hydroxyl groups is 1. The molecule has 0 radical (unpaired) electrons. The van der Waals surface area contributed by atoms with Crippen molar-refractivity contribution in [1.82, 2.24) is 4.31 Å². The quantitative estimate of drug-likeness (QED) is 0.619. The van der Waals surface area contributed by atoms with Crippen LogP contribution in [0.1, 0.15) is 38.4 Å². The molecule has 1 aliphatic rings. The zero-order chi connectivity index (χ0) is 21.0. The fraction of sp³-hybridized carbons (Fsp3) is 0.381. The van der Waals surface area contributed by atoms with Gasteiger partial charge in [-0.3, -0.25) is 0 Å². The third kappa shape index (κ3) is 5.54. The smallest absolute Gasteiger partial charge is 0.243 e. The zero-order valence-electron chi connectivity index (χ0n) is 16.6. The minimum atomic E-state index is -3.46. The molecular formula is C21H27N3O3S2. The van der Waals surface area contributed by atoms with Crippen LogP contribution in [0.25, 0.3) is 0 Å². The van der Waals surface area contributed by atoms with Crippen molar-refractivity contribution in [3.05, 3.63) is 54.1 Å². The maximum Gasteiger partial charge on any atom is 0.243 e. The van der Waals surface area contributed by atoms with Crippen LogP contribution in [0.4, 0.5) is 11.4 Å². The van der Waals surface area contributed by atoms with Crippen LogP contribution < -0.4 is 10.6 Å². The van der Waals surface area contributed by atoms with Crippen LogP contribution in [0, 0.1) is 5.92 Å². The summed E-state index contributed by atoms with van der Waals surface area (Å²) >= 11 is 5.34. The monoisotopic (exact) mass is 433 g/mol. The van der Waals surface area contributed by atoms with E-state index in [1.165, 1.54) is 0 Å². The molecule has 8 heteroatoms. The number of hydrogen-bond acceptors (Lipinski definition) is 4. The molecule has 6 nitrogen and oxygen atoms in total. The molecule has 2 aromatic rings. The standard InChI is InChI=1S/C21H27N3O3S2/c1-15-10-12-24(13-11-15)29(26,27)20-8-6-18(7-9-20)22-21(28)23-19-5-3-4-17(14-19)16(2)25/h3-9,14-16,25H,10-13H2,1-2H3,(H2,22,23,28)/t16-/m1/s1. The lowest BCUT2D eigenvalue weighted by molar-refractivity contribution is 0.199. The molecule has 0 spiro atoms. The number of nitrogens with zero attached hydrogens (tertiary/aromatic N) is 1. The van der Waals surface area contributed by atoms with Crippen LogP contribution in [0.3, 0.4) is 0 Å². The molecule has 1 aliphatic heterocycles. The van der Waals surface area contributed by atoms with Crippen molar-refractivity contribution < 1.29 is 13.5 Å². The third-order valence-corrected chi connectivity index (χ3v) is 7.24. The zero-order valence-corrected chi connectivity index (χ0v) is 18.3. The largest absolute Gasteiger partial charge is 0.389 e. The number of nitrogens with one attached hydrogen (secondary N) is 2. The van der Waals surface area contributed by atoms with Crippen molar-refractivity contribution in [3.63, 3.8) is 0 Å². The van der Waals surface area contributed by atoms with E-state index in [2.05, 4.69) is 17.6 Å². The van der Waals surface area contributed by atoms with Gasteiger partial charge >= 0.3 is 0 Å². The van der Waals surface area contributed by atoms with E-state index in [1.807, 2.05) is 24.3 Å². The van der Waals surface area contributed by atoms with Gasteiger partial charge < -0.3 is 15.7 Å². The van der Waals surface area contributed by atoms with E-state index < -0.39 is 16.1 Å². The number of thiocarbonyl (C=S) groups is 1. The highest BCUT2D eigenvalue weighted by atomic mass is 32.2. The molecular weight excluding hydrogens is 406 g/mol. The van der Waals surface area contributed by atoms with Gasteiger partial charge in [0.25, 0.3) is 0 Å². The van der Waals surface area contributed by atoms with Crippen LogP contribution in [-0.2, 0) is 10.0 Å². The van der Waals surface area contributed by atoms with Gasteiger partial charge in [0.15, 0.2) is 5.11 Å². The summed E-state index contributed by atoms with van der Waals surface area (Å²) in [6.07, 6.45) is 1.24. The molecule has 1 fully saturated rings. The van der Waals surface area contributed by atoms with Gasteiger partial charge in [0.05, 0.1) is 11.0 Å². The van der Waals surface area contributed by atoms with Crippen molar-refractivity contribution in [2.75, 3.05) is 23.7 Å². The highest BCUT2D eigenvalue weighted by Gasteiger charge is 2.27. The Balaban J connectivity index is 1.63. The summed E-state index contributed by atoms with van der Waals surface area (Å²) in [6, 6.07) is 14.0. The van der Waals surface area contributed by atoms with Gasteiger partial charge in [0, 0.05) is 24.5 Å². The summed E-state index contributed by atoms with van der Waals surface area (Å²) < 4.78 is 27.2. The molecule has 2 aromatic carbocycles. The lowest BCUT2D eigenvalue weighted by atomic mass is 10.0. The Labute approximate surface area is 178 Å². The molecule has 1 heterocycles. The molecule has 0 bridgehead atoms. The first-order chi connectivity index (χ1) is 13.8. The number of anilines is 2. The normalized spacial score (nSPS) is 16.9. The van der Waals surface area contributed by atoms with Crippen LogP contribution >= 0.6 is 12.2 Å². The van der Waals surface area contributed by atoms with E-state index >= 15 is 0 Å². The number of aliphatic hydroxyl groups excluding tert-OH is 1. The van der Waals surface area contributed by atoms with Gasteiger partial charge in [-0.25, -0.2) is 8.42 Å². The van der Waals surface area contributed by atoms with Crippen LogP contribution in [0.2, 0.25) is 0 Å². The predicted octanol–water partition coefficient (Wildman–Crippen LogP) is 3.97. The second kappa shape index (κ2) is 9.21. The molecule has 0 unspecified atom stereocenters. The van der Waals surface area contributed by atoms with Crippen molar-refractivity contribution in [1.29, 1.82) is 0 Å². The van der Waals surface area contributed by atoms with Gasteiger partial charge in [-0.15, -0.1) is 0 Å². The topological polar surface area (TPSA) is 81.7 Å². The van der Waals surface area contributed by atoms with E-state index in [0.717, 1.165) is 24.1 Å². The van der Waals surface area contributed by atoms with Gasteiger partial charge in [-0.2, -0.15) is 4.31 Å². The molecule has 1 saturated heterocycles. The Morgan fingerprint density at radius 1 is 1.10 bits per heavy atom. The van der Waals surface area contributed by atoms with E-state index in [0.29, 0.717) is 34.7 Å². The van der Waals surface area contributed by atoms with E-state index in [1.54, 1.807) is 35.5 Å². The molecule has 0 amide bonds. The molecule has 3 N–H and O–H groups in total. The minimum Gasteiger partial charge on any atom is -0.389 e. The van der Waals surface area contributed by atoms with Crippen molar-refractivity contribution >= 4 is 38.7 Å². The van der Waals surface area contributed by atoms with Gasteiger partial charge in [0.2, 0.25) is 10.0 Å². The summed E-state index contributed by atoms with van der Waals surface area (Å²) in [5.41, 5.74) is 2.25. The van der Waals surface area contributed by atoms with Gasteiger partial charge in [-0.05, 0) is 79.9 Å². The highest BCUT2D eigenvalue weighted by Crippen LogP contribution is 2.24. The Kier molecular flexibility index (Phi) is 6.89. The van der Waals surface area contributed by atoms with Crippen LogP contribution in [0.5, 0.6) is 0 Å². The number of benzene rings is 2. The Hall–Kier alpha value is -2.00. The predicted molar refractivity (Wildman–Crippen MR) is 121 cm³/mol. The average Bonchev–Trinajstić information content (AvgIpc) is 2.69. The summed E-state index contributed by atoms with van der Waals surface area (Å²) in [4.78, 5) is 0.293. The van der Waals surface area contributed by atoms with E-state index in [9.17, 15) is 13.5 Å². The van der Waals surface area contributed by atoms with Crippen molar-refractivity contribution in [2.45, 2.75) is 37.7 Å². The minimum absolute atomic E-state index is 0.293. The lowest BCUT2D eigenvalue weighted by Crippen LogP contribution is -2.37. The second-order valence-electron chi connectivity index (χ2n) is 7.49. The average molecular weight is 434 g/mol. The third-order valence-electron chi connectivity index (χ3n) is 5.12. The maximum absolute atomic E-state index is 12.8. The number of hydrogen-bond donors (Lipinski definition) is 3. The van der Waals surface area contributed by atoms with Crippen molar-refractivity contribution in [2.24, 2.45) is 5.92 Å². The van der Waals surface area contributed by atoms with Gasteiger partial charge in [0.1, 0.15) is 0 Å². The second-order valence-corrected chi connectivity index (χ2v) is 9.84. The fourth-order valence-corrected chi connectivity index (χ4v) is 4.96. The molecule has 29 heavy (non-hydrogen) atoms. The van der Waals surface area contributed by atoms with Crippen molar-refractivity contribution in [3.8, 4) is 0 Å². The summed E-state index contributed by atoms with van der Waals surface area (Å²) in [5.74, 6) is 0.572. The maximum atomic E-state index is 12.8. The summed E-state index contributed by atoms with van der Waals surface area (Å²) in [7, 11) is -3.46. The molecule has 1 atom stereocenters. The molecule has 0 aliphatic carbocycles. The molecule has 156 valence electrons. The van der Waals surface area contributed by atoms with Crippen LogP contribution in [0.15, 0.2) is 53.4 Å². The SMILES string of the molecule is CC1CCN(S(=O)(=O)c2ccc(NC(=S)Nc3cccc([C@@H](C)O)c3)cc2)CC1. The van der Waals surface area contributed by atoms with Crippen LogP contribution in [-0.4, -0.2) is 36.0 Å². The Bertz CT molecular complexity index is 951. The molecule has 0 aromatic heterocycles. The first kappa shape index (κ1) is 21.7. The number of piperidine rings is 1. The number of rotatable bonds is 5.